The van der Waals surface area contributed by atoms with Gasteiger partial charge in [-0.1, -0.05) is 0 Å². The number of hydrogen-bond acceptors (Lipinski definition) is 6. The number of benzene rings is 1. The minimum atomic E-state index is -0.448. The van der Waals surface area contributed by atoms with E-state index < -0.39 is 5.69 Å². The number of carbonyl (C=O) groups is 1. The number of anilines is 2. The van der Waals surface area contributed by atoms with Gasteiger partial charge in [-0.15, -0.1) is 0 Å². The molecule has 0 bridgehead atoms. The Bertz CT molecular complexity index is 1070. The summed E-state index contributed by atoms with van der Waals surface area (Å²) in [4.78, 5) is 38.6. The van der Waals surface area contributed by atoms with Gasteiger partial charge < -0.3 is 20.1 Å². The van der Waals surface area contributed by atoms with E-state index >= 15 is 0 Å². The molecule has 2 N–H and O–H groups in total. The van der Waals surface area contributed by atoms with E-state index in [1.165, 1.54) is 17.3 Å². The van der Waals surface area contributed by atoms with E-state index in [0.29, 0.717) is 17.3 Å². The molecule has 4 rings (SSSR count). The molecule has 1 fully saturated rings. The Kier molecular flexibility index (Phi) is 5.26. The third-order valence-corrected chi connectivity index (χ3v) is 5.49. The summed E-state index contributed by atoms with van der Waals surface area (Å²) in [6.07, 6.45) is 5.06. The second-order valence-corrected chi connectivity index (χ2v) is 7.31. The largest absolute Gasteiger partial charge is 0.357 e. The fourth-order valence-corrected chi connectivity index (χ4v) is 3.65. The first-order chi connectivity index (χ1) is 14.0. The van der Waals surface area contributed by atoms with Crippen molar-refractivity contribution in [1.82, 2.24) is 20.3 Å². The first-order valence-electron chi connectivity index (χ1n) is 9.70. The van der Waals surface area contributed by atoms with Gasteiger partial charge in [0, 0.05) is 37.3 Å². The molecule has 8 heteroatoms. The summed E-state index contributed by atoms with van der Waals surface area (Å²) in [5.74, 6) is 0.761. The summed E-state index contributed by atoms with van der Waals surface area (Å²) in [6, 6.07) is 10.0. The summed E-state index contributed by atoms with van der Waals surface area (Å²) in [5, 5.41) is 4.30. The molecule has 150 valence electrons. The lowest BCUT2D eigenvalue weighted by molar-refractivity contribution is 0.0993. The SMILES string of the molecule is CN(C(=O)c1ccc2nc(N(C)C3CCNCC3)ccc2c1)c1cnc(=O)[nH]c1. The van der Waals surface area contributed by atoms with Crippen molar-refractivity contribution in [3.05, 3.63) is 58.8 Å². The number of nitrogens with one attached hydrogen (secondary N) is 2. The zero-order valence-electron chi connectivity index (χ0n) is 16.6. The Balaban J connectivity index is 1.57. The first-order valence-corrected chi connectivity index (χ1v) is 9.70. The van der Waals surface area contributed by atoms with Crippen molar-refractivity contribution in [1.29, 1.82) is 0 Å². The van der Waals surface area contributed by atoms with Gasteiger partial charge in [0.15, 0.2) is 0 Å². The predicted octanol–water partition coefficient (Wildman–Crippen LogP) is 1.78. The molecule has 1 amide bonds. The van der Waals surface area contributed by atoms with E-state index in [2.05, 4.69) is 27.2 Å². The lowest BCUT2D eigenvalue weighted by Gasteiger charge is -2.32. The fourth-order valence-electron chi connectivity index (χ4n) is 3.65. The van der Waals surface area contributed by atoms with Crippen LogP contribution < -0.4 is 20.8 Å². The molecular formula is C21H24N6O2. The number of rotatable bonds is 4. The zero-order chi connectivity index (χ0) is 20.4. The van der Waals surface area contributed by atoms with Crippen LogP contribution in [0.25, 0.3) is 10.9 Å². The summed E-state index contributed by atoms with van der Waals surface area (Å²) >= 11 is 0. The van der Waals surface area contributed by atoms with Crippen molar-refractivity contribution in [2.24, 2.45) is 0 Å². The number of hydrogen-bond donors (Lipinski definition) is 2. The minimum absolute atomic E-state index is 0.184. The number of aromatic amines is 1. The van der Waals surface area contributed by atoms with E-state index in [0.717, 1.165) is 42.7 Å². The van der Waals surface area contributed by atoms with Gasteiger partial charge in [0.25, 0.3) is 5.91 Å². The molecule has 1 aliphatic heterocycles. The monoisotopic (exact) mass is 392 g/mol. The van der Waals surface area contributed by atoms with Gasteiger partial charge in [0.05, 0.1) is 17.4 Å². The van der Waals surface area contributed by atoms with E-state index in [1.54, 1.807) is 13.1 Å². The second-order valence-electron chi connectivity index (χ2n) is 7.31. The van der Waals surface area contributed by atoms with E-state index in [9.17, 15) is 9.59 Å². The number of aromatic nitrogens is 3. The van der Waals surface area contributed by atoms with Crippen molar-refractivity contribution in [2.45, 2.75) is 18.9 Å². The molecule has 0 spiro atoms. The minimum Gasteiger partial charge on any atom is -0.357 e. The molecular weight excluding hydrogens is 368 g/mol. The molecule has 0 atom stereocenters. The standard InChI is InChI=1S/C21H24N6O2/c1-26(16-7-9-22-10-8-16)19-6-4-14-11-15(3-5-18(14)25-19)20(28)27(2)17-12-23-21(29)24-13-17/h3-6,11-13,16,22H,7-10H2,1-2H3,(H,23,24,29). The van der Waals surface area contributed by atoms with Crippen molar-refractivity contribution in [3.8, 4) is 0 Å². The van der Waals surface area contributed by atoms with Gasteiger partial charge in [0.2, 0.25) is 0 Å². The smallest absolute Gasteiger partial charge is 0.345 e. The lowest BCUT2D eigenvalue weighted by atomic mass is 10.1. The summed E-state index contributed by atoms with van der Waals surface area (Å²) < 4.78 is 0. The highest BCUT2D eigenvalue weighted by molar-refractivity contribution is 6.07. The number of H-pyrrole nitrogens is 1. The predicted molar refractivity (Wildman–Crippen MR) is 114 cm³/mol. The summed E-state index contributed by atoms with van der Waals surface area (Å²) in [5.41, 5.74) is 1.48. The van der Waals surface area contributed by atoms with Crippen molar-refractivity contribution in [2.75, 3.05) is 37.0 Å². The molecule has 8 nitrogen and oxygen atoms in total. The maximum atomic E-state index is 12.8. The first kappa shape index (κ1) is 19.1. The van der Waals surface area contributed by atoms with Crippen LogP contribution in [-0.2, 0) is 0 Å². The number of piperidine rings is 1. The highest BCUT2D eigenvalue weighted by atomic mass is 16.2. The molecule has 0 unspecified atom stereocenters. The highest BCUT2D eigenvalue weighted by Crippen LogP contribution is 2.23. The number of amides is 1. The van der Waals surface area contributed by atoms with E-state index in [-0.39, 0.29) is 5.91 Å². The summed E-state index contributed by atoms with van der Waals surface area (Å²) in [6.45, 7) is 2.07. The van der Waals surface area contributed by atoms with Crippen LogP contribution in [-0.4, -0.2) is 54.1 Å². The lowest BCUT2D eigenvalue weighted by Crippen LogP contribution is -2.41. The Morgan fingerprint density at radius 2 is 1.93 bits per heavy atom. The Morgan fingerprint density at radius 3 is 2.66 bits per heavy atom. The molecule has 3 heterocycles. The maximum Gasteiger partial charge on any atom is 0.345 e. The van der Waals surface area contributed by atoms with Gasteiger partial charge in [-0.05, 0) is 56.3 Å². The molecule has 2 aromatic heterocycles. The molecule has 3 aromatic rings. The van der Waals surface area contributed by atoms with Gasteiger partial charge >= 0.3 is 5.69 Å². The number of pyridine rings is 1. The van der Waals surface area contributed by atoms with Crippen LogP contribution >= 0.6 is 0 Å². The average Bonchev–Trinajstić information content (AvgIpc) is 2.78. The third-order valence-electron chi connectivity index (χ3n) is 5.49. The van der Waals surface area contributed by atoms with Gasteiger partial charge in [0.1, 0.15) is 5.82 Å². The fraction of sp³-hybridized carbons (Fsp3) is 0.333. The molecule has 0 aliphatic carbocycles. The Labute approximate surface area is 168 Å². The van der Waals surface area contributed by atoms with E-state index in [1.807, 2.05) is 24.3 Å². The van der Waals surface area contributed by atoms with Crippen LogP contribution in [0.5, 0.6) is 0 Å². The average molecular weight is 392 g/mol. The van der Waals surface area contributed by atoms with Crippen molar-refractivity contribution in [3.63, 3.8) is 0 Å². The van der Waals surface area contributed by atoms with Crippen LogP contribution in [0.1, 0.15) is 23.2 Å². The molecule has 0 saturated carbocycles. The number of fused-ring (bicyclic) bond motifs is 1. The molecule has 29 heavy (non-hydrogen) atoms. The van der Waals surface area contributed by atoms with Crippen LogP contribution in [0.15, 0.2) is 47.5 Å². The molecule has 1 aliphatic rings. The maximum absolute atomic E-state index is 12.8. The Hall–Kier alpha value is -3.26. The second kappa shape index (κ2) is 8.00. The van der Waals surface area contributed by atoms with Crippen LogP contribution in [0.4, 0.5) is 11.5 Å². The van der Waals surface area contributed by atoms with Crippen molar-refractivity contribution < 1.29 is 4.79 Å². The van der Waals surface area contributed by atoms with Crippen LogP contribution in [0, 0.1) is 0 Å². The van der Waals surface area contributed by atoms with Crippen LogP contribution in [0.3, 0.4) is 0 Å². The normalized spacial score (nSPS) is 14.7. The van der Waals surface area contributed by atoms with E-state index in [4.69, 9.17) is 4.98 Å². The zero-order valence-corrected chi connectivity index (χ0v) is 16.6. The summed E-state index contributed by atoms with van der Waals surface area (Å²) in [7, 11) is 3.74. The van der Waals surface area contributed by atoms with Crippen molar-refractivity contribution >= 4 is 28.3 Å². The highest BCUT2D eigenvalue weighted by Gasteiger charge is 2.19. The molecule has 1 aromatic carbocycles. The van der Waals surface area contributed by atoms with Gasteiger partial charge in [-0.3, -0.25) is 4.79 Å². The molecule has 1 saturated heterocycles. The number of carbonyl (C=O) groups excluding carboxylic acids is 1. The quantitative estimate of drug-likeness (QED) is 0.703. The third kappa shape index (κ3) is 3.97. The topological polar surface area (TPSA) is 94.2 Å². The number of nitrogens with zero attached hydrogens (tertiary/aromatic N) is 4. The van der Waals surface area contributed by atoms with Gasteiger partial charge in [-0.25, -0.2) is 9.78 Å². The Morgan fingerprint density at radius 1 is 1.14 bits per heavy atom. The van der Waals surface area contributed by atoms with Crippen LogP contribution in [0.2, 0.25) is 0 Å². The van der Waals surface area contributed by atoms with Gasteiger partial charge in [-0.2, -0.15) is 4.98 Å². The molecule has 0 radical (unpaired) electrons.